The largest absolute Gasteiger partial charge is 1.00 e. The first-order chi connectivity index (χ1) is 9.88. The first-order valence-electron chi connectivity index (χ1n) is 9.73. The second kappa shape index (κ2) is 14.8. The summed E-state index contributed by atoms with van der Waals surface area (Å²) in [6, 6.07) is 1.01. The van der Waals surface area contributed by atoms with Crippen molar-refractivity contribution >= 4 is 0 Å². The summed E-state index contributed by atoms with van der Waals surface area (Å²) in [5.41, 5.74) is 0. The average molecular weight is 302 g/mol. The first kappa shape index (κ1) is 20.9. The molecule has 1 N–H and O–H groups in total. The molecule has 1 rings (SSSR count). The zero-order valence-corrected chi connectivity index (χ0v) is 14.8. The Kier molecular flexibility index (Phi) is 14.7. The van der Waals surface area contributed by atoms with Crippen LogP contribution in [0.3, 0.4) is 0 Å². The fourth-order valence-corrected chi connectivity index (χ4v) is 3.85. The zero-order valence-electron chi connectivity index (χ0n) is 14.8. The quantitative estimate of drug-likeness (QED) is 0.495. The molecule has 0 aromatic rings. The number of halogens is 1. The molecule has 0 amide bonds. The summed E-state index contributed by atoms with van der Waals surface area (Å²) >= 11 is 0. The molecule has 1 fully saturated rings. The normalized spacial score (nSPS) is 21.4. The highest BCUT2D eigenvalue weighted by molar-refractivity contribution is 4.62. The lowest BCUT2D eigenvalue weighted by molar-refractivity contribution is -0.912. The summed E-state index contributed by atoms with van der Waals surface area (Å²) in [6.45, 7) is 7.56. The van der Waals surface area contributed by atoms with Gasteiger partial charge in [0.1, 0.15) is 0 Å². The van der Waals surface area contributed by atoms with Gasteiger partial charge in [0.05, 0.1) is 19.1 Å². The van der Waals surface area contributed by atoms with Crippen molar-refractivity contribution in [2.45, 2.75) is 110 Å². The van der Waals surface area contributed by atoms with Gasteiger partial charge in [-0.2, -0.15) is 0 Å². The van der Waals surface area contributed by atoms with Crippen molar-refractivity contribution in [3.63, 3.8) is 0 Å². The molecular weight excluding hydrogens is 261 g/mol. The van der Waals surface area contributed by atoms with Crippen molar-refractivity contribution in [3.05, 3.63) is 0 Å². The molecule has 1 heterocycles. The summed E-state index contributed by atoms with van der Waals surface area (Å²) in [5, 5.41) is 0. The molecule has 2 heteroatoms. The number of hydrogen-bond acceptors (Lipinski definition) is 0. The zero-order chi connectivity index (χ0) is 14.5. The molecule has 0 radical (unpaired) electrons. The summed E-state index contributed by atoms with van der Waals surface area (Å²) < 4.78 is 0. The average Bonchev–Trinajstić information content (AvgIpc) is 2.89. The summed E-state index contributed by atoms with van der Waals surface area (Å²) in [5.74, 6) is 0. The third kappa shape index (κ3) is 10.3. The lowest BCUT2D eigenvalue weighted by atomic mass is 10.1. The number of hydrogen-bond donors (Lipinski definition) is 1. The number of likely N-dealkylation sites (tertiary alicyclic amines) is 1. The van der Waals surface area contributed by atoms with Crippen LogP contribution in [0.5, 0.6) is 0 Å². The van der Waals surface area contributed by atoms with Gasteiger partial charge in [0.2, 0.25) is 0 Å². The van der Waals surface area contributed by atoms with E-state index >= 15 is 0 Å². The van der Waals surface area contributed by atoms with Gasteiger partial charge in [-0.05, 0) is 19.3 Å². The maximum Gasteiger partial charge on any atom is 0.0876 e. The lowest BCUT2D eigenvalue weighted by Gasteiger charge is -2.21. The summed E-state index contributed by atoms with van der Waals surface area (Å²) in [6.07, 6.45) is 20.5. The summed E-state index contributed by atoms with van der Waals surface area (Å²) in [4.78, 5) is 1.94. The molecule has 0 bridgehead atoms. The highest BCUT2D eigenvalue weighted by Gasteiger charge is 2.26. The van der Waals surface area contributed by atoms with Gasteiger partial charge < -0.3 is 9.60 Å². The van der Waals surface area contributed by atoms with E-state index in [1.807, 2.05) is 4.90 Å². The Hall–Kier alpha value is -0.110. The molecule has 0 aromatic carbocycles. The van der Waals surface area contributed by atoms with Gasteiger partial charge in [0.15, 0.2) is 0 Å². The molecule has 128 valence electrons. The third-order valence-electron chi connectivity index (χ3n) is 5.12. The molecule has 21 heavy (non-hydrogen) atoms. The van der Waals surface area contributed by atoms with Crippen molar-refractivity contribution in [2.75, 3.05) is 13.1 Å². The maximum absolute atomic E-state index is 2.34. The van der Waals surface area contributed by atoms with E-state index in [1.54, 1.807) is 0 Å². The van der Waals surface area contributed by atoms with Gasteiger partial charge in [-0.3, -0.25) is 0 Å². The van der Waals surface area contributed by atoms with E-state index in [1.165, 1.54) is 103 Å². The number of rotatable bonds is 13. The van der Waals surface area contributed by atoms with Crippen molar-refractivity contribution in [2.24, 2.45) is 0 Å². The van der Waals surface area contributed by atoms with Gasteiger partial charge in [0, 0.05) is 12.8 Å². The minimum Gasteiger partial charge on any atom is -1.00 e. The van der Waals surface area contributed by atoms with Crippen LogP contribution in [-0.2, 0) is 0 Å². The van der Waals surface area contributed by atoms with Crippen molar-refractivity contribution in [1.29, 1.82) is 0 Å². The topological polar surface area (TPSA) is 4.44 Å². The highest BCUT2D eigenvalue weighted by Crippen LogP contribution is 2.11. The fraction of sp³-hybridized carbons (Fsp3) is 1.00. The molecule has 0 aromatic heterocycles. The van der Waals surface area contributed by atoms with E-state index in [4.69, 9.17) is 0 Å². The van der Waals surface area contributed by atoms with Gasteiger partial charge in [-0.1, -0.05) is 71.6 Å². The highest BCUT2D eigenvalue weighted by atomic mass is 19.0. The molecule has 2 atom stereocenters. The smallest absolute Gasteiger partial charge is 0.0876 e. The number of nitrogens with one attached hydrogen (secondary N) is 1. The Balaban J connectivity index is 0.00000400. The monoisotopic (exact) mass is 301 g/mol. The van der Waals surface area contributed by atoms with Crippen LogP contribution in [0.1, 0.15) is 104 Å². The van der Waals surface area contributed by atoms with Crippen molar-refractivity contribution < 1.29 is 9.60 Å². The predicted octanol–water partition coefficient (Wildman–Crippen LogP) is 1.76. The van der Waals surface area contributed by atoms with Crippen LogP contribution in [-0.4, -0.2) is 19.1 Å². The van der Waals surface area contributed by atoms with Crippen LogP contribution in [0, 0.1) is 0 Å². The van der Waals surface area contributed by atoms with Crippen LogP contribution in [0.25, 0.3) is 0 Å². The van der Waals surface area contributed by atoms with E-state index in [0.717, 1.165) is 6.04 Å². The van der Waals surface area contributed by atoms with Gasteiger partial charge >= 0.3 is 0 Å². The van der Waals surface area contributed by atoms with Crippen molar-refractivity contribution in [1.82, 2.24) is 0 Å². The van der Waals surface area contributed by atoms with E-state index < -0.39 is 0 Å². The Labute approximate surface area is 133 Å². The second-order valence-corrected chi connectivity index (χ2v) is 6.97. The molecule has 1 aliphatic heterocycles. The van der Waals surface area contributed by atoms with Crippen LogP contribution in [0.2, 0.25) is 0 Å². The van der Waals surface area contributed by atoms with E-state index in [0.29, 0.717) is 0 Å². The Morgan fingerprint density at radius 2 is 1.33 bits per heavy atom. The van der Waals surface area contributed by atoms with Crippen LogP contribution >= 0.6 is 0 Å². The molecule has 0 spiro atoms. The molecular formula is C19H40FN. The van der Waals surface area contributed by atoms with E-state index in [9.17, 15) is 0 Å². The second-order valence-electron chi connectivity index (χ2n) is 6.97. The van der Waals surface area contributed by atoms with Crippen LogP contribution in [0.4, 0.5) is 0 Å². The Bertz CT molecular complexity index is 208. The fourth-order valence-electron chi connectivity index (χ4n) is 3.85. The van der Waals surface area contributed by atoms with Gasteiger partial charge in [-0.15, -0.1) is 0 Å². The minimum absolute atomic E-state index is 0. The predicted molar refractivity (Wildman–Crippen MR) is 90.5 cm³/mol. The SMILES string of the molecule is CCCCCCCCCCCC[NH+]1CCCC1CCC.[F-]. The standard InChI is InChI=1S/C19H39N.FH/c1-3-5-6-7-8-9-10-11-12-13-17-20-18-14-16-19(20)15-4-2;/h19H,3-18H2,1-2H3;1H. The van der Waals surface area contributed by atoms with E-state index in [2.05, 4.69) is 13.8 Å². The number of quaternary nitrogens is 1. The lowest BCUT2D eigenvalue weighted by Crippen LogP contribution is -3.13. The van der Waals surface area contributed by atoms with Gasteiger partial charge in [0.25, 0.3) is 0 Å². The molecule has 1 saturated heterocycles. The Morgan fingerprint density at radius 1 is 0.762 bits per heavy atom. The Morgan fingerprint density at radius 3 is 1.90 bits per heavy atom. The molecule has 0 saturated carbocycles. The molecule has 0 aliphatic carbocycles. The molecule has 1 nitrogen and oxygen atoms in total. The van der Waals surface area contributed by atoms with Crippen LogP contribution < -0.4 is 9.60 Å². The summed E-state index contributed by atoms with van der Waals surface area (Å²) in [7, 11) is 0. The maximum atomic E-state index is 2.34. The molecule has 1 aliphatic rings. The van der Waals surface area contributed by atoms with Gasteiger partial charge in [-0.25, -0.2) is 0 Å². The number of unbranched alkanes of at least 4 members (excludes halogenated alkanes) is 9. The third-order valence-corrected chi connectivity index (χ3v) is 5.12. The van der Waals surface area contributed by atoms with E-state index in [-0.39, 0.29) is 4.70 Å². The molecule has 2 unspecified atom stereocenters. The minimum atomic E-state index is 0. The first-order valence-corrected chi connectivity index (χ1v) is 9.73. The van der Waals surface area contributed by atoms with Crippen molar-refractivity contribution in [3.8, 4) is 0 Å². The van der Waals surface area contributed by atoms with Crippen LogP contribution in [0.15, 0.2) is 0 Å².